The third-order valence-corrected chi connectivity index (χ3v) is 4.97. The number of rotatable bonds is 5. The summed E-state index contributed by atoms with van der Waals surface area (Å²) in [6.07, 6.45) is 3.77. The summed E-state index contributed by atoms with van der Waals surface area (Å²) in [7, 11) is 1.92. The van der Waals surface area contributed by atoms with Gasteiger partial charge in [0.15, 0.2) is 5.16 Å². The van der Waals surface area contributed by atoms with E-state index in [1.54, 1.807) is 13.1 Å². The van der Waals surface area contributed by atoms with E-state index in [-0.39, 0.29) is 11.9 Å². The van der Waals surface area contributed by atoms with Crippen molar-refractivity contribution in [1.29, 1.82) is 0 Å². The smallest absolute Gasteiger partial charge is 0.321 e. The largest absolute Gasteiger partial charge is 0.335 e. The second kappa shape index (κ2) is 7.09. The molecule has 1 fully saturated rings. The van der Waals surface area contributed by atoms with E-state index in [0.717, 1.165) is 29.3 Å². The zero-order valence-electron chi connectivity index (χ0n) is 13.7. The Morgan fingerprint density at radius 2 is 2.00 bits per heavy atom. The number of aromatic nitrogens is 2. The molecular weight excluding hydrogens is 324 g/mol. The van der Waals surface area contributed by atoms with Gasteiger partial charge in [-0.1, -0.05) is 42.1 Å². The Morgan fingerprint density at radius 3 is 2.67 bits per heavy atom. The molecule has 1 unspecified atom stereocenters. The first-order valence-corrected chi connectivity index (χ1v) is 8.77. The summed E-state index contributed by atoms with van der Waals surface area (Å²) in [6.45, 7) is 1.77. The summed E-state index contributed by atoms with van der Waals surface area (Å²) >= 11 is 1.33. The number of nitrogens with one attached hydrogen (secondary N) is 2. The number of carbonyl (C=O) groups excluding carboxylic acids is 2. The summed E-state index contributed by atoms with van der Waals surface area (Å²) in [6, 6.07) is 9.76. The van der Waals surface area contributed by atoms with Crippen LogP contribution in [0.2, 0.25) is 0 Å². The lowest BCUT2D eigenvalue weighted by Gasteiger charge is -2.12. The normalized spacial score (nSPS) is 14.9. The van der Waals surface area contributed by atoms with Gasteiger partial charge in [-0.25, -0.2) is 9.78 Å². The van der Waals surface area contributed by atoms with Crippen LogP contribution in [0.15, 0.2) is 41.7 Å². The quantitative estimate of drug-likeness (QED) is 0.818. The SMILES string of the molecule is CC(Sc1ncc(-c2ccccc2)n1C)C(=O)NC(=O)NC1CC1. The summed E-state index contributed by atoms with van der Waals surface area (Å²) in [5, 5.41) is 5.44. The maximum absolute atomic E-state index is 12.1. The molecule has 0 saturated heterocycles. The van der Waals surface area contributed by atoms with Gasteiger partial charge in [0.25, 0.3) is 0 Å². The first-order chi connectivity index (χ1) is 11.5. The number of amides is 3. The Balaban J connectivity index is 1.62. The van der Waals surface area contributed by atoms with Crippen LogP contribution < -0.4 is 10.6 Å². The lowest BCUT2D eigenvalue weighted by atomic mass is 10.2. The fraction of sp³-hybridized carbons (Fsp3) is 0.353. The van der Waals surface area contributed by atoms with Gasteiger partial charge in [-0.2, -0.15) is 0 Å². The number of hydrogen-bond donors (Lipinski definition) is 2. The van der Waals surface area contributed by atoms with Crippen molar-refractivity contribution >= 4 is 23.7 Å². The zero-order valence-corrected chi connectivity index (χ0v) is 14.5. The van der Waals surface area contributed by atoms with Gasteiger partial charge in [0.2, 0.25) is 5.91 Å². The first-order valence-electron chi connectivity index (χ1n) is 7.89. The van der Waals surface area contributed by atoms with Crippen molar-refractivity contribution in [1.82, 2.24) is 20.2 Å². The zero-order chi connectivity index (χ0) is 17.1. The summed E-state index contributed by atoms with van der Waals surface area (Å²) in [5.41, 5.74) is 2.05. The predicted molar refractivity (Wildman–Crippen MR) is 93.7 cm³/mol. The maximum atomic E-state index is 12.1. The minimum absolute atomic E-state index is 0.226. The Morgan fingerprint density at radius 1 is 1.29 bits per heavy atom. The highest BCUT2D eigenvalue weighted by Gasteiger charge is 2.25. The Labute approximate surface area is 145 Å². The molecule has 3 amide bonds. The lowest BCUT2D eigenvalue weighted by molar-refractivity contribution is -0.119. The third kappa shape index (κ3) is 3.97. The molecule has 2 N–H and O–H groups in total. The van der Waals surface area contributed by atoms with Crippen LogP contribution in [0.1, 0.15) is 19.8 Å². The number of benzene rings is 1. The van der Waals surface area contributed by atoms with Crippen LogP contribution in [0.3, 0.4) is 0 Å². The molecule has 3 rings (SSSR count). The molecule has 0 radical (unpaired) electrons. The molecule has 7 heteroatoms. The molecule has 0 bridgehead atoms. The van der Waals surface area contributed by atoms with Crippen LogP contribution >= 0.6 is 11.8 Å². The van der Waals surface area contributed by atoms with Crippen LogP contribution in [0, 0.1) is 0 Å². The van der Waals surface area contributed by atoms with E-state index in [9.17, 15) is 9.59 Å². The molecule has 1 aliphatic carbocycles. The second-order valence-electron chi connectivity index (χ2n) is 5.85. The van der Waals surface area contributed by atoms with Gasteiger partial charge in [0, 0.05) is 13.1 Å². The fourth-order valence-corrected chi connectivity index (χ4v) is 3.11. The van der Waals surface area contributed by atoms with E-state index in [4.69, 9.17) is 0 Å². The van der Waals surface area contributed by atoms with Gasteiger partial charge in [-0.3, -0.25) is 10.1 Å². The van der Waals surface area contributed by atoms with E-state index in [0.29, 0.717) is 0 Å². The van der Waals surface area contributed by atoms with Gasteiger partial charge in [-0.05, 0) is 25.3 Å². The van der Waals surface area contributed by atoms with Crippen molar-refractivity contribution in [2.45, 2.75) is 36.2 Å². The van der Waals surface area contributed by atoms with Gasteiger partial charge < -0.3 is 9.88 Å². The Hall–Kier alpha value is -2.28. The molecular formula is C17H20N4O2S. The minimum atomic E-state index is -0.417. The molecule has 1 heterocycles. The number of thioether (sulfide) groups is 1. The van der Waals surface area contributed by atoms with Gasteiger partial charge in [0.05, 0.1) is 17.1 Å². The highest BCUT2D eigenvalue weighted by atomic mass is 32.2. The molecule has 0 aliphatic heterocycles. The van der Waals surface area contributed by atoms with Gasteiger partial charge in [-0.15, -0.1) is 0 Å². The number of imidazole rings is 1. The summed E-state index contributed by atoms with van der Waals surface area (Å²) in [4.78, 5) is 28.2. The average Bonchev–Trinajstić information content (AvgIpc) is 3.31. The molecule has 1 aromatic carbocycles. The maximum Gasteiger partial charge on any atom is 0.321 e. The molecule has 6 nitrogen and oxygen atoms in total. The highest BCUT2D eigenvalue weighted by molar-refractivity contribution is 8.00. The van der Waals surface area contributed by atoms with E-state index >= 15 is 0 Å². The van der Waals surface area contributed by atoms with E-state index in [1.807, 2.05) is 41.9 Å². The number of imide groups is 1. The van der Waals surface area contributed by atoms with Gasteiger partial charge >= 0.3 is 6.03 Å². The van der Waals surface area contributed by atoms with Crippen LogP contribution in [0.4, 0.5) is 4.79 Å². The van der Waals surface area contributed by atoms with Crippen molar-refractivity contribution in [3.8, 4) is 11.3 Å². The Bertz CT molecular complexity index is 740. The number of nitrogens with zero attached hydrogens (tertiary/aromatic N) is 2. The average molecular weight is 344 g/mol. The van der Waals surface area contributed by atoms with Crippen molar-refractivity contribution in [3.05, 3.63) is 36.5 Å². The molecule has 24 heavy (non-hydrogen) atoms. The molecule has 1 saturated carbocycles. The van der Waals surface area contributed by atoms with E-state index in [1.165, 1.54) is 11.8 Å². The van der Waals surface area contributed by atoms with E-state index in [2.05, 4.69) is 15.6 Å². The van der Waals surface area contributed by atoms with Crippen LogP contribution in [-0.2, 0) is 11.8 Å². The lowest BCUT2D eigenvalue weighted by Crippen LogP contribution is -2.43. The summed E-state index contributed by atoms with van der Waals surface area (Å²) in [5.74, 6) is -0.317. The van der Waals surface area contributed by atoms with Gasteiger partial charge in [0.1, 0.15) is 0 Å². The molecule has 1 atom stereocenters. The molecule has 126 valence electrons. The van der Waals surface area contributed by atoms with Crippen molar-refractivity contribution in [2.24, 2.45) is 7.05 Å². The predicted octanol–water partition coefficient (Wildman–Crippen LogP) is 2.56. The standard InChI is InChI=1S/C17H20N4O2S/c1-11(15(22)20-16(23)19-13-8-9-13)24-17-18-10-14(21(17)2)12-6-4-3-5-7-12/h3-7,10-11,13H,8-9H2,1-2H3,(H2,19,20,22,23). The first kappa shape index (κ1) is 16.6. The Kier molecular flexibility index (Phi) is 4.89. The second-order valence-corrected chi connectivity index (χ2v) is 7.16. The topological polar surface area (TPSA) is 76.0 Å². The number of carbonyl (C=O) groups is 2. The fourth-order valence-electron chi connectivity index (χ4n) is 2.25. The van der Waals surface area contributed by atoms with Crippen LogP contribution in [-0.4, -0.2) is 32.8 Å². The monoisotopic (exact) mass is 344 g/mol. The number of urea groups is 1. The van der Waals surface area contributed by atoms with Crippen molar-refractivity contribution < 1.29 is 9.59 Å². The molecule has 0 spiro atoms. The van der Waals surface area contributed by atoms with Crippen molar-refractivity contribution in [2.75, 3.05) is 0 Å². The highest BCUT2D eigenvalue weighted by Crippen LogP contribution is 2.27. The summed E-state index contributed by atoms with van der Waals surface area (Å²) < 4.78 is 1.95. The molecule has 1 aromatic heterocycles. The van der Waals surface area contributed by atoms with Crippen molar-refractivity contribution in [3.63, 3.8) is 0 Å². The van der Waals surface area contributed by atoms with E-state index < -0.39 is 11.3 Å². The van der Waals surface area contributed by atoms with Crippen LogP contribution in [0.25, 0.3) is 11.3 Å². The number of hydrogen-bond acceptors (Lipinski definition) is 4. The molecule has 1 aliphatic rings. The van der Waals surface area contributed by atoms with Crippen LogP contribution in [0.5, 0.6) is 0 Å². The minimum Gasteiger partial charge on any atom is -0.335 e. The molecule has 2 aromatic rings. The third-order valence-electron chi connectivity index (χ3n) is 3.82.